The summed E-state index contributed by atoms with van der Waals surface area (Å²) in [7, 11) is 0. The van der Waals surface area contributed by atoms with Gasteiger partial charge in [-0.1, -0.05) is 26.0 Å². The quantitative estimate of drug-likeness (QED) is 0.820. The maximum absolute atomic E-state index is 11.2. The van der Waals surface area contributed by atoms with Gasteiger partial charge in [-0.15, -0.1) is 0 Å². The Morgan fingerprint density at radius 3 is 2.70 bits per heavy atom. The molecule has 0 aliphatic heterocycles. The number of ether oxygens (including phenoxy) is 1. The number of nitrogens with zero attached hydrogens (tertiary/aromatic N) is 1. The molecule has 0 saturated heterocycles. The number of pyridine rings is 1. The van der Waals surface area contributed by atoms with E-state index in [-0.39, 0.29) is 5.92 Å². The van der Waals surface area contributed by atoms with Crippen molar-refractivity contribution in [2.45, 2.75) is 33.4 Å². The molecule has 0 saturated carbocycles. The molecule has 2 N–H and O–H groups in total. The Labute approximate surface area is 136 Å². The number of aromatic nitrogens is 1. The molecular weight excluding hydrogens is 292 g/mol. The van der Waals surface area contributed by atoms with Crippen molar-refractivity contribution in [1.29, 1.82) is 0 Å². The summed E-state index contributed by atoms with van der Waals surface area (Å²) in [6, 6.07) is 8.94. The first-order valence-electron chi connectivity index (χ1n) is 7.61. The fraction of sp³-hybridized carbons (Fsp3) is 0.333. The molecule has 1 atom stereocenters. The van der Waals surface area contributed by atoms with Crippen molar-refractivity contribution in [3.63, 3.8) is 0 Å². The van der Waals surface area contributed by atoms with E-state index in [1.165, 1.54) is 0 Å². The van der Waals surface area contributed by atoms with Gasteiger partial charge >= 0.3 is 5.97 Å². The molecule has 0 fully saturated rings. The first-order chi connectivity index (χ1) is 11.0. The van der Waals surface area contributed by atoms with E-state index in [1.807, 2.05) is 51.1 Å². The second-order valence-electron chi connectivity index (χ2n) is 5.83. The lowest BCUT2D eigenvalue weighted by Gasteiger charge is -2.18. The number of hydrogen-bond donors (Lipinski definition) is 2. The molecule has 1 aromatic carbocycles. The summed E-state index contributed by atoms with van der Waals surface area (Å²) in [6.45, 7) is 6.25. The average Bonchev–Trinajstić information content (AvgIpc) is 2.50. The Hall–Kier alpha value is -2.40. The van der Waals surface area contributed by atoms with E-state index in [2.05, 4.69) is 10.3 Å². The molecule has 2 aromatic rings. The molecule has 0 aliphatic rings. The molecule has 0 aliphatic carbocycles. The van der Waals surface area contributed by atoms with Gasteiger partial charge in [-0.25, -0.2) is 0 Å². The van der Waals surface area contributed by atoms with Gasteiger partial charge in [0.2, 0.25) is 0 Å². The van der Waals surface area contributed by atoms with Crippen LogP contribution in [0.4, 0.5) is 0 Å². The van der Waals surface area contributed by atoms with E-state index in [4.69, 9.17) is 4.74 Å². The molecule has 0 spiro atoms. The van der Waals surface area contributed by atoms with Gasteiger partial charge in [-0.3, -0.25) is 9.78 Å². The van der Waals surface area contributed by atoms with Gasteiger partial charge in [-0.05, 0) is 42.2 Å². The minimum absolute atomic E-state index is 0.0294. The van der Waals surface area contributed by atoms with Crippen molar-refractivity contribution in [1.82, 2.24) is 10.3 Å². The Morgan fingerprint density at radius 2 is 2.13 bits per heavy atom. The summed E-state index contributed by atoms with van der Waals surface area (Å²) < 4.78 is 5.79. The van der Waals surface area contributed by atoms with Crippen LogP contribution in [0.2, 0.25) is 0 Å². The molecule has 23 heavy (non-hydrogen) atoms. The summed E-state index contributed by atoms with van der Waals surface area (Å²) in [6.07, 6.45) is 3.36. The first kappa shape index (κ1) is 17.0. The largest absolute Gasteiger partial charge is 0.480 e. The molecule has 122 valence electrons. The molecule has 0 unspecified atom stereocenters. The summed E-state index contributed by atoms with van der Waals surface area (Å²) in [5, 5.41) is 12.3. The van der Waals surface area contributed by atoms with Crippen molar-refractivity contribution in [3.8, 4) is 11.5 Å². The first-order valence-corrected chi connectivity index (χ1v) is 7.61. The second kappa shape index (κ2) is 7.74. The van der Waals surface area contributed by atoms with Crippen LogP contribution in [0.25, 0.3) is 0 Å². The molecular formula is C18H22N2O3. The second-order valence-corrected chi connectivity index (χ2v) is 5.83. The van der Waals surface area contributed by atoms with Crippen LogP contribution in [0.1, 0.15) is 25.0 Å². The van der Waals surface area contributed by atoms with Crippen molar-refractivity contribution < 1.29 is 14.6 Å². The van der Waals surface area contributed by atoms with Crippen LogP contribution in [0.15, 0.2) is 42.7 Å². The third-order valence-electron chi connectivity index (χ3n) is 3.56. The molecule has 0 bridgehead atoms. The highest BCUT2D eigenvalue weighted by atomic mass is 16.5. The number of rotatable bonds is 7. The number of aliphatic carboxylic acids is 1. The summed E-state index contributed by atoms with van der Waals surface area (Å²) in [4.78, 5) is 15.2. The molecule has 5 heteroatoms. The average molecular weight is 314 g/mol. The molecule has 0 amide bonds. The van der Waals surface area contributed by atoms with E-state index in [9.17, 15) is 9.90 Å². The van der Waals surface area contributed by atoms with E-state index < -0.39 is 12.0 Å². The molecule has 2 rings (SSSR count). The lowest BCUT2D eigenvalue weighted by molar-refractivity contribution is -0.140. The zero-order valence-corrected chi connectivity index (χ0v) is 13.6. The standard InChI is InChI=1S/C18H22N2O3/c1-12(2)17(18(21)22)20-10-14-6-7-16(13(3)9-14)23-15-5-4-8-19-11-15/h4-9,11-12,17,20H,10H2,1-3H3,(H,21,22)/t17-/m0/s1. The Balaban J connectivity index is 2.03. The van der Waals surface area contributed by atoms with Gasteiger partial charge in [0.05, 0.1) is 6.20 Å². The molecule has 5 nitrogen and oxygen atoms in total. The van der Waals surface area contributed by atoms with Crippen LogP contribution in [-0.2, 0) is 11.3 Å². The maximum atomic E-state index is 11.2. The van der Waals surface area contributed by atoms with Crippen molar-refractivity contribution in [2.75, 3.05) is 0 Å². The molecule has 0 radical (unpaired) electrons. The monoisotopic (exact) mass is 314 g/mol. The normalized spacial score (nSPS) is 12.2. The lowest BCUT2D eigenvalue weighted by atomic mass is 10.0. The fourth-order valence-electron chi connectivity index (χ4n) is 2.31. The van der Waals surface area contributed by atoms with Crippen LogP contribution in [0.3, 0.4) is 0 Å². The number of benzene rings is 1. The number of nitrogens with one attached hydrogen (secondary N) is 1. The van der Waals surface area contributed by atoms with Gasteiger partial charge in [0.25, 0.3) is 0 Å². The zero-order chi connectivity index (χ0) is 16.8. The highest BCUT2D eigenvalue weighted by Crippen LogP contribution is 2.25. The van der Waals surface area contributed by atoms with E-state index in [0.717, 1.165) is 16.9 Å². The van der Waals surface area contributed by atoms with Crippen LogP contribution >= 0.6 is 0 Å². The van der Waals surface area contributed by atoms with Crippen molar-refractivity contribution >= 4 is 5.97 Å². The van der Waals surface area contributed by atoms with Gasteiger partial charge in [0, 0.05) is 12.7 Å². The SMILES string of the molecule is Cc1cc(CN[C@H](C(=O)O)C(C)C)ccc1Oc1cccnc1. The predicted octanol–water partition coefficient (Wildman–Crippen LogP) is 3.38. The van der Waals surface area contributed by atoms with Crippen molar-refractivity contribution in [2.24, 2.45) is 5.92 Å². The number of carboxylic acid groups (broad SMARTS) is 1. The Bertz CT molecular complexity index is 657. The van der Waals surface area contributed by atoms with Crippen LogP contribution < -0.4 is 10.1 Å². The van der Waals surface area contributed by atoms with E-state index in [0.29, 0.717) is 12.3 Å². The zero-order valence-electron chi connectivity index (χ0n) is 13.6. The third-order valence-corrected chi connectivity index (χ3v) is 3.56. The Morgan fingerprint density at radius 1 is 1.35 bits per heavy atom. The van der Waals surface area contributed by atoms with E-state index >= 15 is 0 Å². The minimum atomic E-state index is -0.826. The lowest BCUT2D eigenvalue weighted by Crippen LogP contribution is -2.40. The van der Waals surface area contributed by atoms with Crippen molar-refractivity contribution in [3.05, 3.63) is 53.9 Å². The number of carbonyl (C=O) groups is 1. The summed E-state index contributed by atoms with van der Waals surface area (Å²) in [5.41, 5.74) is 2.01. The Kier molecular flexibility index (Phi) is 5.71. The smallest absolute Gasteiger partial charge is 0.320 e. The van der Waals surface area contributed by atoms with E-state index in [1.54, 1.807) is 12.4 Å². The number of aryl methyl sites for hydroxylation is 1. The van der Waals surface area contributed by atoms with Gasteiger partial charge in [0.15, 0.2) is 0 Å². The predicted molar refractivity (Wildman–Crippen MR) is 88.6 cm³/mol. The minimum Gasteiger partial charge on any atom is -0.480 e. The number of hydrogen-bond acceptors (Lipinski definition) is 4. The topological polar surface area (TPSA) is 71.5 Å². The van der Waals surface area contributed by atoms with Crippen LogP contribution in [-0.4, -0.2) is 22.1 Å². The van der Waals surface area contributed by atoms with Crippen LogP contribution in [0.5, 0.6) is 11.5 Å². The van der Waals surface area contributed by atoms with Gasteiger partial charge in [-0.2, -0.15) is 0 Å². The van der Waals surface area contributed by atoms with Gasteiger partial charge in [0.1, 0.15) is 17.5 Å². The highest BCUT2D eigenvalue weighted by molar-refractivity contribution is 5.73. The molecule has 1 heterocycles. The fourth-order valence-corrected chi connectivity index (χ4v) is 2.31. The van der Waals surface area contributed by atoms with Crippen LogP contribution in [0, 0.1) is 12.8 Å². The maximum Gasteiger partial charge on any atom is 0.320 e. The summed E-state index contributed by atoms with van der Waals surface area (Å²) in [5.74, 6) is 0.655. The molecule has 1 aromatic heterocycles. The highest BCUT2D eigenvalue weighted by Gasteiger charge is 2.20. The van der Waals surface area contributed by atoms with Gasteiger partial charge < -0.3 is 15.2 Å². The number of carboxylic acids is 1. The third kappa shape index (κ3) is 4.79. The summed E-state index contributed by atoms with van der Waals surface area (Å²) >= 11 is 0.